The highest BCUT2D eigenvalue weighted by atomic mass is 16.5. The maximum Gasteiger partial charge on any atom is 0.270 e. The van der Waals surface area contributed by atoms with Gasteiger partial charge in [-0.1, -0.05) is 24.3 Å². The molecule has 0 saturated carbocycles. The predicted molar refractivity (Wildman–Crippen MR) is 116 cm³/mol. The number of carbonyl (C=O) groups is 2. The number of carbonyl (C=O) groups excluding carboxylic acids is 2. The van der Waals surface area contributed by atoms with Gasteiger partial charge in [-0.2, -0.15) is 0 Å². The van der Waals surface area contributed by atoms with E-state index in [4.69, 9.17) is 4.74 Å². The van der Waals surface area contributed by atoms with Crippen molar-refractivity contribution < 1.29 is 14.3 Å². The summed E-state index contributed by atoms with van der Waals surface area (Å²) < 4.78 is 5.50. The Kier molecular flexibility index (Phi) is 5.20. The zero-order valence-corrected chi connectivity index (χ0v) is 17.1. The number of hydrogen-bond acceptors (Lipinski definition) is 6. The van der Waals surface area contributed by atoms with Gasteiger partial charge in [0.25, 0.3) is 11.8 Å². The van der Waals surface area contributed by atoms with Crippen LogP contribution in [0.1, 0.15) is 37.9 Å². The molecule has 9 heteroatoms. The van der Waals surface area contributed by atoms with E-state index >= 15 is 0 Å². The van der Waals surface area contributed by atoms with Crippen LogP contribution in [0.4, 0.5) is 0 Å². The number of aromatic nitrogens is 4. The van der Waals surface area contributed by atoms with Crippen LogP contribution < -0.4 is 15.4 Å². The molecule has 32 heavy (non-hydrogen) atoms. The summed E-state index contributed by atoms with van der Waals surface area (Å²) >= 11 is 0. The summed E-state index contributed by atoms with van der Waals surface area (Å²) in [5.74, 6) is 0.733. The van der Waals surface area contributed by atoms with E-state index in [0.29, 0.717) is 19.0 Å². The number of nitrogens with zero attached hydrogens (tertiary/aromatic N) is 3. The number of rotatable bonds is 6. The van der Waals surface area contributed by atoms with Crippen molar-refractivity contribution in [3.63, 3.8) is 0 Å². The molecule has 5 rings (SSSR count). The van der Waals surface area contributed by atoms with Gasteiger partial charge >= 0.3 is 0 Å². The normalized spacial score (nSPS) is 12.2. The van der Waals surface area contributed by atoms with Crippen LogP contribution in [0.15, 0.2) is 54.9 Å². The van der Waals surface area contributed by atoms with Crippen LogP contribution in [0, 0.1) is 0 Å². The van der Waals surface area contributed by atoms with Crippen molar-refractivity contribution in [2.45, 2.75) is 19.5 Å². The molecule has 3 heterocycles. The maximum atomic E-state index is 12.5. The van der Waals surface area contributed by atoms with Crippen molar-refractivity contribution in [2.75, 3.05) is 6.61 Å². The molecule has 0 unspecified atom stereocenters. The summed E-state index contributed by atoms with van der Waals surface area (Å²) in [6.45, 7) is 1.25. The summed E-state index contributed by atoms with van der Waals surface area (Å²) in [4.78, 5) is 40.6. The Bertz CT molecular complexity index is 1280. The molecule has 160 valence electrons. The van der Waals surface area contributed by atoms with Crippen LogP contribution in [0.3, 0.4) is 0 Å². The molecule has 2 aromatic heterocycles. The van der Waals surface area contributed by atoms with E-state index in [2.05, 4.69) is 30.6 Å². The smallest absolute Gasteiger partial charge is 0.270 e. The van der Waals surface area contributed by atoms with Crippen molar-refractivity contribution in [3.8, 4) is 5.75 Å². The molecule has 9 nitrogen and oxygen atoms in total. The Hall–Kier alpha value is -4.27. The topological polar surface area (TPSA) is 122 Å². The number of benzene rings is 2. The van der Waals surface area contributed by atoms with E-state index in [-0.39, 0.29) is 23.8 Å². The van der Waals surface area contributed by atoms with Gasteiger partial charge in [-0.05, 0) is 29.3 Å². The summed E-state index contributed by atoms with van der Waals surface area (Å²) in [6, 6.07) is 14.9. The minimum absolute atomic E-state index is 0.107. The first-order chi connectivity index (χ1) is 15.7. The van der Waals surface area contributed by atoms with Gasteiger partial charge in [-0.3, -0.25) is 9.59 Å². The summed E-state index contributed by atoms with van der Waals surface area (Å²) in [5, 5.41) is 5.59. The summed E-state index contributed by atoms with van der Waals surface area (Å²) in [7, 11) is 0. The zero-order chi connectivity index (χ0) is 21.9. The van der Waals surface area contributed by atoms with Crippen LogP contribution in [-0.2, 0) is 19.5 Å². The first-order valence-electron chi connectivity index (χ1n) is 10.2. The number of hydrogen-bond donors (Lipinski definition) is 3. The van der Waals surface area contributed by atoms with E-state index in [1.165, 1.54) is 12.4 Å². The molecule has 0 atom stereocenters. The van der Waals surface area contributed by atoms with Crippen LogP contribution in [-0.4, -0.2) is 38.4 Å². The Morgan fingerprint density at radius 3 is 2.56 bits per heavy atom. The Labute approximate surface area is 183 Å². The Morgan fingerprint density at radius 1 is 0.969 bits per heavy atom. The fourth-order valence-corrected chi connectivity index (χ4v) is 3.57. The summed E-state index contributed by atoms with van der Waals surface area (Å²) in [6.07, 6.45) is 2.08. The molecule has 1 aliphatic heterocycles. The monoisotopic (exact) mass is 428 g/mol. The van der Waals surface area contributed by atoms with Gasteiger partial charge in [-0.15, -0.1) is 0 Å². The second-order valence-corrected chi connectivity index (χ2v) is 7.40. The molecule has 0 fully saturated rings. The molecule has 0 spiro atoms. The number of ether oxygens (including phenoxy) is 1. The number of amides is 2. The lowest BCUT2D eigenvalue weighted by molar-refractivity contribution is 0.0944. The average Bonchev–Trinajstić information content (AvgIpc) is 3.47. The average molecular weight is 428 g/mol. The number of imidazole rings is 1. The van der Waals surface area contributed by atoms with Crippen molar-refractivity contribution >= 4 is 22.8 Å². The van der Waals surface area contributed by atoms with E-state index < -0.39 is 5.91 Å². The summed E-state index contributed by atoms with van der Waals surface area (Å²) in [5.41, 5.74) is 4.07. The van der Waals surface area contributed by atoms with Gasteiger partial charge in [-0.25, -0.2) is 15.0 Å². The second kappa shape index (κ2) is 8.46. The lowest BCUT2D eigenvalue weighted by Gasteiger charge is -2.07. The van der Waals surface area contributed by atoms with Crippen molar-refractivity contribution in [2.24, 2.45) is 0 Å². The molecular weight excluding hydrogens is 408 g/mol. The van der Waals surface area contributed by atoms with Gasteiger partial charge < -0.3 is 20.4 Å². The molecular formula is C23H20N6O3. The van der Waals surface area contributed by atoms with Gasteiger partial charge in [0.15, 0.2) is 0 Å². The van der Waals surface area contributed by atoms with Crippen LogP contribution >= 0.6 is 0 Å². The largest absolute Gasteiger partial charge is 0.493 e. The molecule has 2 amide bonds. The number of fused-ring (bicyclic) bond motifs is 2. The zero-order valence-electron chi connectivity index (χ0n) is 17.1. The molecule has 0 bridgehead atoms. The molecule has 4 aromatic rings. The number of para-hydroxylation sites is 2. The quantitative estimate of drug-likeness (QED) is 0.433. The molecule has 1 aliphatic rings. The number of nitrogens with one attached hydrogen (secondary N) is 3. The third-order valence-electron chi connectivity index (χ3n) is 5.19. The molecule has 0 aliphatic carbocycles. The number of aromatic amines is 1. The van der Waals surface area contributed by atoms with E-state index in [1.807, 2.05) is 42.5 Å². The molecule has 2 aromatic carbocycles. The molecule has 0 saturated heterocycles. The highest BCUT2D eigenvalue weighted by Crippen LogP contribution is 2.25. The van der Waals surface area contributed by atoms with Crippen LogP contribution in [0.25, 0.3) is 11.0 Å². The third kappa shape index (κ3) is 4.13. The van der Waals surface area contributed by atoms with Crippen molar-refractivity contribution in [3.05, 3.63) is 83.2 Å². The molecule has 3 N–H and O–H groups in total. The standard InChI is InChI=1S/C23H20N6O3/c30-22(24-11-14-5-6-20-15(9-14)7-8-32-20)18-10-19(27-13-26-18)23(31)25-12-21-28-16-3-1-2-4-17(16)29-21/h1-6,9-10,13H,7-8,11-12H2,(H,24,30)(H,25,31)(H,28,29). The lowest BCUT2D eigenvalue weighted by atomic mass is 10.1. The minimum atomic E-state index is -0.416. The Morgan fingerprint density at radius 2 is 1.75 bits per heavy atom. The second-order valence-electron chi connectivity index (χ2n) is 7.40. The van der Waals surface area contributed by atoms with E-state index in [0.717, 1.165) is 34.3 Å². The van der Waals surface area contributed by atoms with Gasteiger partial charge in [0.1, 0.15) is 29.3 Å². The SMILES string of the molecule is O=C(NCc1ccc2c(c1)CCO2)c1cc(C(=O)NCc2nc3ccccc3[nH]2)ncn1. The van der Waals surface area contributed by atoms with E-state index in [9.17, 15) is 9.59 Å². The highest BCUT2D eigenvalue weighted by Gasteiger charge is 2.15. The van der Waals surface area contributed by atoms with Crippen molar-refractivity contribution in [1.82, 2.24) is 30.6 Å². The maximum absolute atomic E-state index is 12.5. The molecule has 0 radical (unpaired) electrons. The fraction of sp³-hybridized carbons (Fsp3) is 0.174. The van der Waals surface area contributed by atoms with Crippen molar-refractivity contribution in [1.29, 1.82) is 0 Å². The first kappa shape index (κ1) is 19.7. The van der Waals surface area contributed by atoms with Crippen LogP contribution in [0.5, 0.6) is 5.75 Å². The fourth-order valence-electron chi connectivity index (χ4n) is 3.57. The van der Waals surface area contributed by atoms with Gasteiger partial charge in [0.05, 0.1) is 24.2 Å². The number of H-pyrrole nitrogens is 1. The Balaban J connectivity index is 1.20. The highest BCUT2D eigenvalue weighted by molar-refractivity contribution is 5.97. The minimum Gasteiger partial charge on any atom is -0.493 e. The van der Waals surface area contributed by atoms with Crippen LogP contribution in [0.2, 0.25) is 0 Å². The van der Waals surface area contributed by atoms with Gasteiger partial charge in [0.2, 0.25) is 0 Å². The lowest BCUT2D eigenvalue weighted by Crippen LogP contribution is -2.27. The third-order valence-corrected chi connectivity index (χ3v) is 5.19. The van der Waals surface area contributed by atoms with E-state index in [1.54, 1.807) is 0 Å². The predicted octanol–water partition coefficient (Wildman–Crippen LogP) is 2.15. The van der Waals surface area contributed by atoms with Gasteiger partial charge in [0, 0.05) is 19.0 Å². The first-order valence-corrected chi connectivity index (χ1v) is 10.2.